The van der Waals surface area contributed by atoms with Gasteiger partial charge in [0, 0.05) is 11.8 Å². The van der Waals surface area contributed by atoms with Crippen molar-refractivity contribution in [3.63, 3.8) is 0 Å². The Hall–Kier alpha value is -4.20. The number of carbonyl (C=O) groups is 2. The van der Waals surface area contributed by atoms with Crippen molar-refractivity contribution >= 4 is 23.0 Å². The molecule has 0 aliphatic heterocycles. The predicted octanol–water partition coefficient (Wildman–Crippen LogP) is 2.48. The number of carbonyl (C=O) groups excluding carboxylic acids is 2. The Balaban J connectivity index is 1.60. The summed E-state index contributed by atoms with van der Waals surface area (Å²) in [6.45, 7) is -0.181. The molecule has 1 atom stereocenters. The van der Waals surface area contributed by atoms with E-state index < -0.39 is 6.03 Å². The van der Waals surface area contributed by atoms with Gasteiger partial charge in [-0.1, -0.05) is 42.5 Å². The van der Waals surface area contributed by atoms with E-state index in [1.165, 1.54) is 0 Å². The molecule has 148 valence electrons. The number of pyridine rings is 1. The normalized spacial score (nSPS) is 14.2. The summed E-state index contributed by atoms with van der Waals surface area (Å²) in [5, 5.41) is 5.33. The SMILES string of the molecule is NC(=O)NCC(=O)NC1c2ccccc2-c2c(-c3nc4ccncc4[nH]3)cccc21. The fraction of sp³-hybridized carbons (Fsp3) is 0.0909. The molecule has 8 heteroatoms. The number of benzene rings is 2. The summed E-state index contributed by atoms with van der Waals surface area (Å²) >= 11 is 0. The van der Waals surface area contributed by atoms with E-state index in [2.05, 4.69) is 20.6 Å². The average Bonchev–Trinajstić information content (AvgIpc) is 3.32. The molecule has 1 unspecified atom stereocenters. The van der Waals surface area contributed by atoms with E-state index in [0.717, 1.165) is 44.7 Å². The minimum atomic E-state index is -0.737. The first kappa shape index (κ1) is 17.9. The number of H-pyrrole nitrogens is 1. The number of nitrogens with one attached hydrogen (secondary N) is 3. The van der Waals surface area contributed by atoms with Crippen LogP contribution in [0, 0.1) is 0 Å². The van der Waals surface area contributed by atoms with Crippen molar-refractivity contribution in [2.45, 2.75) is 6.04 Å². The van der Waals surface area contributed by atoms with Crippen molar-refractivity contribution in [1.29, 1.82) is 0 Å². The number of nitrogens with zero attached hydrogens (tertiary/aromatic N) is 2. The van der Waals surface area contributed by atoms with Gasteiger partial charge in [-0.05, 0) is 28.3 Å². The zero-order valence-electron chi connectivity index (χ0n) is 15.8. The lowest BCUT2D eigenvalue weighted by molar-refractivity contribution is -0.120. The van der Waals surface area contributed by atoms with Gasteiger partial charge >= 0.3 is 6.03 Å². The molecule has 0 fully saturated rings. The number of hydrogen-bond donors (Lipinski definition) is 4. The van der Waals surface area contributed by atoms with Crippen LogP contribution in [0.2, 0.25) is 0 Å². The summed E-state index contributed by atoms with van der Waals surface area (Å²) in [5.41, 5.74) is 11.7. The van der Waals surface area contributed by atoms with E-state index in [-0.39, 0.29) is 18.5 Å². The third-order valence-electron chi connectivity index (χ3n) is 5.22. The smallest absolute Gasteiger partial charge is 0.312 e. The molecule has 2 heterocycles. The molecule has 0 radical (unpaired) electrons. The van der Waals surface area contributed by atoms with Crippen molar-refractivity contribution in [2.24, 2.45) is 5.73 Å². The van der Waals surface area contributed by atoms with Crippen LogP contribution in [0.25, 0.3) is 33.5 Å². The second kappa shape index (κ2) is 7.00. The summed E-state index contributed by atoms with van der Waals surface area (Å²) in [6.07, 6.45) is 3.46. The van der Waals surface area contributed by atoms with Gasteiger partial charge < -0.3 is 21.4 Å². The fourth-order valence-electron chi connectivity index (χ4n) is 3.97. The average molecular weight is 398 g/mol. The standard InChI is InChI=1S/C22H18N6O2/c23-22(30)25-11-18(29)28-20-13-5-2-1-4-12(13)19-14(20)6-3-7-15(19)21-26-16-8-9-24-10-17(16)27-21/h1-10,20H,11H2,(H,26,27)(H,28,29)(H3,23,25,30). The van der Waals surface area contributed by atoms with Crippen LogP contribution in [0.1, 0.15) is 17.2 Å². The number of amides is 3. The first-order valence-electron chi connectivity index (χ1n) is 9.47. The highest BCUT2D eigenvalue weighted by atomic mass is 16.2. The van der Waals surface area contributed by atoms with Gasteiger partial charge in [0.15, 0.2) is 0 Å². The highest BCUT2D eigenvalue weighted by molar-refractivity contribution is 5.93. The third-order valence-corrected chi connectivity index (χ3v) is 5.22. The van der Waals surface area contributed by atoms with E-state index in [1.54, 1.807) is 12.4 Å². The molecule has 5 N–H and O–H groups in total. The molecule has 0 spiro atoms. The molecule has 4 aromatic rings. The Kier molecular flexibility index (Phi) is 4.17. The number of imidazole rings is 1. The molecular weight excluding hydrogens is 380 g/mol. The molecule has 0 saturated carbocycles. The van der Waals surface area contributed by atoms with Crippen molar-refractivity contribution in [1.82, 2.24) is 25.6 Å². The van der Waals surface area contributed by atoms with Crippen molar-refractivity contribution in [3.05, 3.63) is 72.1 Å². The van der Waals surface area contributed by atoms with E-state index >= 15 is 0 Å². The molecule has 2 aromatic heterocycles. The summed E-state index contributed by atoms with van der Waals surface area (Å²) in [6, 6.07) is 14.7. The molecule has 0 saturated heterocycles. The summed E-state index contributed by atoms with van der Waals surface area (Å²) < 4.78 is 0. The highest BCUT2D eigenvalue weighted by Gasteiger charge is 2.32. The quantitative estimate of drug-likeness (QED) is 0.421. The van der Waals surface area contributed by atoms with Crippen LogP contribution in [-0.2, 0) is 4.79 Å². The Bertz CT molecular complexity index is 1260. The molecule has 1 aliphatic rings. The number of aromatic amines is 1. The maximum atomic E-state index is 12.4. The zero-order chi connectivity index (χ0) is 20.7. The molecule has 30 heavy (non-hydrogen) atoms. The van der Waals surface area contributed by atoms with Crippen molar-refractivity contribution < 1.29 is 9.59 Å². The Labute approximate surface area is 171 Å². The lowest BCUT2D eigenvalue weighted by Crippen LogP contribution is -2.40. The molecule has 3 amide bonds. The Morgan fingerprint density at radius 2 is 1.83 bits per heavy atom. The maximum absolute atomic E-state index is 12.4. The summed E-state index contributed by atoms with van der Waals surface area (Å²) in [4.78, 5) is 35.5. The molecule has 5 rings (SSSR count). The third kappa shape index (κ3) is 2.95. The monoisotopic (exact) mass is 398 g/mol. The van der Waals surface area contributed by atoms with Gasteiger partial charge in [-0.15, -0.1) is 0 Å². The van der Waals surface area contributed by atoms with Crippen LogP contribution in [0.5, 0.6) is 0 Å². The number of aromatic nitrogens is 3. The molecule has 1 aliphatic carbocycles. The minimum absolute atomic E-state index is 0.181. The Morgan fingerprint density at radius 3 is 2.67 bits per heavy atom. The Morgan fingerprint density at radius 1 is 1.03 bits per heavy atom. The summed E-state index contributed by atoms with van der Waals surface area (Å²) in [5.74, 6) is 0.425. The van der Waals surface area contributed by atoms with Crippen LogP contribution in [0.15, 0.2) is 60.9 Å². The minimum Gasteiger partial charge on any atom is -0.352 e. The number of nitrogens with two attached hydrogens (primary N) is 1. The molecule has 8 nitrogen and oxygen atoms in total. The summed E-state index contributed by atoms with van der Waals surface area (Å²) in [7, 11) is 0. The van der Waals surface area contributed by atoms with E-state index in [4.69, 9.17) is 10.7 Å². The van der Waals surface area contributed by atoms with Crippen LogP contribution < -0.4 is 16.4 Å². The first-order chi connectivity index (χ1) is 14.6. The predicted molar refractivity (Wildman–Crippen MR) is 112 cm³/mol. The molecule has 2 aromatic carbocycles. The van der Waals surface area contributed by atoms with Crippen LogP contribution in [-0.4, -0.2) is 33.4 Å². The van der Waals surface area contributed by atoms with Crippen LogP contribution >= 0.6 is 0 Å². The lowest BCUT2D eigenvalue weighted by atomic mass is 9.99. The molecular formula is C22H18N6O2. The van der Waals surface area contributed by atoms with E-state index in [1.807, 2.05) is 48.5 Å². The van der Waals surface area contributed by atoms with E-state index in [9.17, 15) is 9.59 Å². The number of rotatable bonds is 4. The van der Waals surface area contributed by atoms with Gasteiger partial charge in [0.25, 0.3) is 0 Å². The van der Waals surface area contributed by atoms with Crippen LogP contribution in [0.3, 0.4) is 0 Å². The number of primary amides is 1. The molecule has 0 bridgehead atoms. The second-order valence-corrected chi connectivity index (χ2v) is 7.05. The zero-order valence-corrected chi connectivity index (χ0v) is 15.8. The second-order valence-electron chi connectivity index (χ2n) is 7.05. The maximum Gasteiger partial charge on any atom is 0.312 e. The van der Waals surface area contributed by atoms with Crippen molar-refractivity contribution in [3.8, 4) is 22.5 Å². The first-order valence-corrected chi connectivity index (χ1v) is 9.47. The van der Waals surface area contributed by atoms with E-state index in [0.29, 0.717) is 0 Å². The fourth-order valence-corrected chi connectivity index (χ4v) is 3.97. The largest absolute Gasteiger partial charge is 0.352 e. The van der Waals surface area contributed by atoms with Crippen molar-refractivity contribution in [2.75, 3.05) is 6.54 Å². The van der Waals surface area contributed by atoms with Crippen LogP contribution in [0.4, 0.5) is 4.79 Å². The van der Waals surface area contributed by atoms with Gasteiger partial charge in [-0.25, -0.2) is 9.78 Å². The topological polar surface area (TPSA) is 126 Å². The van der Waals surface area contributed by atoms with Gasteiger partial charge in [-0.2, -0.15) is 0 Å². The van der Waals surface area contributed by atoms with Gasteiger partial charge in [0.05, 0.1) is 29.8 Å². The van der Waals surface area contributed by atoms with Gasteiger partial charge in [0.1, 0.15) is 5.82 Å². The lowest BCUT2D eigenvalue weighted by Gasteiger charge is -2.16. The number of hydrogen-bond acceptors (Lipinski definition) is 4. The number of fused-ring (bicyclic) bond motifs is 4. The van der Waals surface area contributed by atoms with Gasteiger partial charge in [0.2, 0.25) is 5.91 Å². The van der Waals surface area contributed by atoms with Gasteiger partial charge in [-0.3, -0.25) is 9.78 Å². The highest BCUT2D eigenvalue weighted by Crippen LogP contribution is 2.47. The number of urea groups is 1.